The van der Waals surface area contributed by atoms with E-state index < -0.39 is 0 Å². The first-order chi connectivity index (χ1) is 13.8. The third kappa shape index (κ3) is 4.25. The van der Waals surface area contributed by atoms with Gasteiger partial charge in [-0.3, -0.25) is 0 Å². The van der Waals surface area contributed by atoms with Crippen LogP contribution in [-0.2, 0) is 16.7 Å². The van der Waals surface area contributed by atoms with E-state index in [9.17, 15) is 0 Å². The lowest BCUT2D eigenvalue weighted by Gasteiger charge is -2.38. The lowest BCUT2D eigenvalue weighted by Crippen LogP contribution is -2.48. The van der Waals surface area contributed by atoms with E-state index in [0.717, 1.165) is 56.6 Å². The molecule has 0 aliphatic carbocycles. The van der Waals surface area contributed by atoms with E-state index in [1.54, 1.807) is 11.3 Å². The van der Waals surface area contributed by atoms with Gasteiger partial charge in [-0.25, -0.2) is 4.99 Å². The van der Waals surface area contributed by atoms with Crippen molar-refractivity contribution in [3.05, 3.63) is 46.2 Å². The zero-order valence-corrected chi connectivity index (χ0v) is 17.0. The maximum Gasteiger partial charge on any atom is 0.231 e. The molecule has 2 aliphatic rings. The molecule has 2 aromatic rings. The van der Waals surface area contributed by atoms with Gasteiger partial charge >= 0.3 is 0 Å². The molecule has 0 radical (unpaired) electrons. The molecule has 28 heavy (non-hydrogen) atoms. The maximum atomic E-state index is 5.66. The SMILES string of the molecule is CCNC(=NCc1cccs1)NCC1(c2ccc3c(c2)OCO3)CCOCC1. The van der Waals surface area contributed by atoms with Crippen molar-refractivity contribution in [2.24, 2.45) is 4.99 Å². The lowest BCUT2D eigenvalue weighted by molar-refractivity contribution is 0.0513. The predicted octanol–water partition coefficient (Wildman–Crippen LogP) is 3.28. The summed E-state index contributed by atoms with van der Waals surface area (Å²) in [7, 11) is 0. The average molecular weight is 402 g/mol. The molecule has 1 aromatic heterocycles. The Morgan fingerprint density at radius 2 is 2.00 bits per heavy atom. The van der Waals surface area contributed by atoms with Crippen LogP contribution < -0.4 is 20.1 Å². The first-order valence-corrected chi connectivity index (χ1v) is 10.7. The molecule has 2 N–H and O–H groups in total. The summed E-state index contributed by atoms with van der Waals surface area (Å²) in [6.07, 6.45) is 1.92. The minimum atomic E-state index is -0.0155. The number of hydrogen-bond acceptors (Lipinski definition) is 5. The summed E-state index contributed by atoms with van der Waals surface area (Å²) in [5.41, 5.74) is 1.25. The molecule has 1 fully saturated rings. The van der Waals surface area contributed by atoms with Crippen LogP contribution in [0.5, 0.6) is 11.5 Å². The van der Waals surface area contributed by atoms with Crippen LogP contribution in [0.15, 0.2) is 40.7 Å². The highest BCUT2D eigenvalue weighted by atomic mass is 32.1. The molecule has 1 saturated heterocycles. The lowest BCUT2D eigenvalue weighted by atomic mass is 9.74. The topological polar surface area (TPSA) is 64.1 Å². The number of benzene rings is 1. The molecule has 0 atom stereocenters. The van der Waals surface area contributed by atoms with Crippen molar-refractivity contribution >= 4 is 17.3 Å². The van der Waals surface area contributed by atoms with Gasteiger partial charge in [0.2, 0.25) is 6.79 Å². The van der Waals surface area contributed by atoms with Crippen molar-refractivity contribution in [1.82, 2.24) is 10.6 Å². The monoisotopic (exact) mass is 401 g/mol. The molecule has 0 amide bonds. The zero-order valence-electron chi connectivity index (χ0n) is 16.2. The number of nitrogens with zero attached hydrogens (tertiary/aromatic N) is 1. The van der Waals surface area contributed by atoms with Gasteiger partial charge in [0.25, 0.3) is 0 Å². The first-order valence-electron chi connectivity index (χ1n) is 9.81. The van der Waals surface area contributed by atoms with Crippen LogP contribution in [0, 0.1) is 0 Å². The van der Waals surface area contributed by atoms with Crippen LogP contribution in [0.25, 0.3) is 0 Å². The molecule has 0 unspecified atom stereocenters. The Morgan fingerprint density at radius 3 is 2.79 bits per heavy atom. The summed E-state index contributed by atoms with van der Waals surface area (Å²) < 4.78 is 16.8. The van der Waals surface area contributed by atoms with E-state index in [2.05, 4.69) is 47.2 Å². The van der Waals surface area contributed by atoms with Gasteiger partial charge in [-0.2, -0.15) is 0 Å². The molecule has 2 aliphatic heterocycles. The molecule has 7 heteroatoms. The largest absolute Gasteiger partial charge is 0.454 e. The summed E-state index contributed by atoms with van der Waals surface area (Å²) >= 11 is 1.73. The van der Waals surface area contributed by atoms with E-state index in [1.807, 2.05) is 6.07 Å². The second-order valence-electron chi connectivity index (χ2n) is 7.09. The summed E-state index contributed by atoms with van der Waals surface area (Å²) in [6.45, 7) is 6.23. The minimum Gasteiger partial charge on any atom is -0.454 e. The van der Waals surface area contributed by atoms with Gasteiger partial charge in [-0.15, -0.1) is 11.3 Å². The Balaban J connectivity index is 1.51. The fourth-order valence-electron chi connectivity index (χ4n) is 3.71. The molecule has 1 aromatic carbocycles. The molecule has 0 bridgehead atoms. The Labute approximate surface area is 169 Å². The van der Waals surface area contributed by atoms with Gasteiger partial charge in [-0.05, 0) is 48.9 Å². The number of nitrogens with one attached hydrogen (secondary N) is 2. The van der Waals surface area contributed by atoms with Gasteiger partial charge in [0, 0.05) is 36.6 Å². The second-order valence-corrected chi connectivity index (χ2v) is 8.12. The highest BCUT2D eigenvalue weighted by molar-refractivity contribution is 7.09. The number of ether oxygens (including phenoxy) is 3. The van der Waals surface area contributed by atoms with Gasteiger partial charge in [0.05, 0.1) is 6.54 Å². The van der Waals surface area contributed by atoms with Gasteiger partial charge in [0.1, 0.15) is 0 Å². The predicted molar refractivity (Wildman–Crippen MR) is 111 cm³/mol. The molecule has 0 spiro atoms. The van der Waals surface area contributed by atoms with Crippen molar-refractivity contribution in [2.75, 3.05) is 33.1 Å². The van der Waals surface area contributed by atoms with Gasteiger partial charge < -0.3 is 24.8 Å². The zero-order chi connectivity index (χ0) is 19.2. The number of guanidine groups is 1. The Morgan fingerprint density at radius 1 is 1.14 bits per heavy atom. The molecule has 6 nitrogen and oxygen atoms in total. The average Bonchev–Trinajstić information content (AvgIpc) is 3.42. The summed E-state index contributed by atoms with van der Waals surface area (Å²) in [5.74, 6) is 2.51. The van der Waals surface area contributed by atoms with Gasteiger partial charge in [-0.1, -0.05) is 12.1 Å². The van der Waals surface area contributed by atoms with Crippen LogP contribution in [0.2, 0.25) is 0 Å². The molecule has 3 heterocycles. The number of thiophene rings is 1. The fourth-order valence-corrected chi connectivity index (χ4v) is 4.34. The van der Waals surface area contributed by atoms with Crippen LogP contribution in [-0.4, -0.2) is 39.1 Å². The highest BCUT2D eigenvalue weighted by Crippen LogP contribution is 2.40. The van der Waals surface area contributed by atoms with E-state index in [4.69, 9.17) is 19.2 Å². The molecular formula is C21H27N3O3S. The van der Waals surface area contributed by atoms with Crippen molar-refractivity contribution < 1.29 is 14.2 Å². The summed E-state index contributed by atoms with van der Waals surface area (Å²) in [4.78, 5) is 6.01. The smallest absolute Gasteiger partial charge is 0.231 e. The number of aliphatic imine (C=N–C) groups is 1. The Bertz CT molecular complexity index is 801. The van der Waals surface area contributed by atoms with Crippen LogP contribution >= 0.6 is 11.3 Å². The summed E-state index contributed by atoms with van der Waals surface area (Å²) in [6, 6.07) is 10.5. The van der Waals surface area contributed by atoms with Gasteiger partial charge in [0.15, 0.2) is 17.5 Å². The van der Waals surface area contributed by atoms with Crippen LogP contribution in [0.4, 0.5) is 0 Å². The Kier molecular flexibility index (Phi) is 6.02. The summed E-state index contributed by atoms with van der Waals surface area (Å²) in [5, 5.41) is 9.02. The van der Waals surface area contributed by atoms with E-state index in [1.165, 1.54) is 10.4 Å². The number of fused-ring (bicyclic) bond motifs is 1. The molecule has 0 saturated carbocycles. The molecule has 4 rings (SSSR count). The standard InChI is InChI=1S/C21H27N3O3S/c1-2-22-20(23-13-17-4-3-11-28-17)24-14-21(7-9-25-10-8-21)16-5-6-18-19(12-16)27-15-26-18/h3-6,11-12H,2,7-10,13-15H2,1H3,(H2,22,23,24). The van der Waals surface area contributed by atoms with E-state index >= 15 is 0 Å². The second kappa shape index (κ2) is 8.84. The van der Waals surface area contributed by atoms with Crippen LogP contribution in [0.1, 0.15) is 30.2 Å². The van der Waals surface area contributed by atoms with Crippen molar-refractivity contribution in [3.63, 3.8) is 0 Å². The fraction of sp³-hybridized carbons (Fsp3) is 0.476. The minimum absolute atomic E-state index is 0.0155. The van der Waals surface area contributed by atoms with Crippen LogP contribution in [0.3, 0.4) is 0 Å². The quantitative estimate of drug-likeness (QED) is 0.575. The van der Waals surface area contributed by atoms with Crippen molar-refractivity contribution in [2.45, 2.75) is 31.7 Å². The number of rotatable bonds is 6. The molecule has 150 valence electrons. The van der Waals surface area contributed by atoms with Crippen molar-refractivity contribution in [3.8, 4) is 11.5 Å². The third-order valence-electron chi connectivity index (χ3n) is 5.35. The molecular weight excluding hydrogens is 374 g/mol. The normalized spacial score (nSPS) is 18.1. The maximum absolute atomic E-state index is 5.66. The van der Waals surface area contributed by atoms with E-state index in [-0.39, 0.29) is 5.41 Å². The van der Waals surface area contributed by atoms with E-state index in [0.29, 0.717) is 13.3 Å². The first kappa shape index (κ1) is 19.1. The van der Waals surface area contributed by atoms with Crippen molar-refractivity contribution in [1.29, 1.82) is 0 Å². The third-order valence-corrected chi connectivity index (χ3v) is 6.21. The Hall–Kier alpha value is -2.25. The number of hydrogen-bond donors (Lipinski definition) is 2. The highest BCUT2D eigenvalue weighted by Gasteiger charge is 2.35.